The Morgan fingerprint density at radius 3 is 2.74 bits per heavy atom. The van der Waals surface area contributed by atoms with Gasteiger partial charge in [-0.3, -0.25) is 4.79 Å². The van der Waals surface area contributed by atoms with E-state index in [1.54, 1.807) is 12.4 Å². The molecule has 0 saturated heterocycles. The molecule has 3 rings (SSSR count). The second-order valence-corrected chi connectivity index (χ2v) is 5.86. The van der Waals surface area contributed by atoms with Gasteiger partial charge in [-0.2, -0.15) is 0 Å². The Balaban J connectivity index is 2.10. The molecule has 1 aliphatic carbocycles. The van der Waals surface area contributed by atoms with Gasteiger partial charge in [0.1, 0.15) is 0 Å². The Bertz CT molecular complexity index is 657. The van der Waals surface area contributed by atoms with Gasteiger partial charge in [0.2, 0.25) is 0 Å². The molecule has 0 atom stereocenters. The van der Waals surface area contributed by atoms with E-state index in [1.165, 1.54) is 0 Å². The molecule has 19 heavy (non-hydrogen) atoms. The number of Topliss-reactive ketones (excluding diaryl/α,β-unsaturated/α-hetero) is 1. The number of imidazole rings is 1. The molecular formula is C14H16N4O. The van der Waals surface area contributed by atoms with E-state index in [1.807, 2.05) is 17.8 Å². The molecule has 0 amide bonds. The average Bonchev–Trinajstić information content (AvgIpc) is 2.73. The molecule has 0 unspecified atom stereocenters. The van der Waals surface area contributed by atoms with E-state index in [-0.39, 0.29) is 11.2 Å². The Hall–Kier alpha value is -2.04. The molecule has 0 spiro atoms. The zero-order valence-electron chi connectivity index (χ0n) is 11.3. The minimum Gasteiger partial charge on any atom is -0.331 e. The van der Waals surface area contributed by atoms with Crippen LogP contribution in [0, 0.1) is 5.41 Å². The number of nitrogens with zero attached hydrogens (tertiary/aromatic N) is 4. The van der Waals surface area contributed by atoms with E-state index >= 15 is 0 Å². The number of rotatable bonds is 1. The van der Waals surface area contributed by atoms with Gasteiger partial charge in [-0.05, 0) is 11.8 Å². The van der Waals surface area contributed by atoms with Crippen molar-refractivity contribution in [1.82, 2.24) is 19.5 Å². The maximum Gasteiger partial charge on any atom is 0.196 e. The van der Waals surface area contributed by atoms with E-state index in [2.05, 4.69) is 28.8 Å². The third kappa shape index (κ3) is 2.05. The van der Waals surface area contributed by atoms with E-state index in [4.69, 9.17) is 0 Å². The van der Waals surface area contributed by atoms with Crippen molar-refractivity contribution in [3.8, 4) is 11.6 Å². The van der Waals surface area contributed by atoms with E-state index < -0.39 is 0 Å². The summed E-state index contributed by atoms with van der Waals surface area (Å²) in [5.41, 5.74) is 1.48. The van der Waals surface area contributed by atoms with Gasteiger partial charge in [-0.1, -0.05) is 13.8 Å². The molecule has 0 bridgehead atoms. The quantitative estimate of drug-likeness (QED) is 0.783. The summed E-state index contributed by atoms with van der Waals surface area (Å²) < 4.78 is 1.87. The van der Waals surface area contributed by atoms with Crippen LogP contribution in [0.4, 0.5) is 0 Å². The van der Waals surface area contributed by atoms with Crippen LogP contribution in [0.25, 0.3) is 11.6 Å². The van der Waals surface area contributed by atoms with Crippen molar-refractivity contribution in [1.29, 1.82) is 0 Å². The molecule has 2 aromatic rings. The lowest BCUT2D eigenvalue weighted by molar-refractivity contribution is 0.0910. The normalized spacial score (nSPS) is 17.3. The molecule has 98 valence electrons. The monoisotopic (exact) mass is 256 g/mol. The molecule has 0 radical (unpaired) electrons. The first-order valence-corrected chi connectivity index (χ1v) is 6.33. The molecule has 2 aromatic heterocycles. The molecule has 0 aromatic carbocycles. The van der Waals surface area contributed by atoms with Crippen LogP contribution in [0.3, 0.4) is 0 Å². The Labute approximate surface area is 111 Å². The third-order valence-electron chi connectivity index (χ3n) is 3.47. The first kappa shape index (κ1) is 12.0. The molecule has 1 aliphatic rings. The van der Waals surface area contributed by atoms with E-state index in [0.29, 0.717) is 17.8 Å². The van der Waals surface area contributed by atoms with Crippen LogP contribution in [0.5, 0.6) is 0 Å². The summed E-state index contributed by atoms with van der Waals surface area (Å²) in [4.78, 5) is 25.1. The van der Waals surface area contributed by atoms with Crippen LogP contribution in [-0.4, -0.2) is 25.3 Å². The van der Waals surface area contributed by atoms with Gasteiger partial charge in [0.25, 0.3) is 0 Å². The number of carbonyl (C=O) groups is 1. The zero-order valence-corrected chi connectivity index (χ0v) is 11.3. The van der Waals surface area contributed by atoms with Gasteiger partial charge in [0.15, 0.2) is 17.4 Å². The summed E-state index contributed by atoms with van der Waals surface area (Å²) in [7, 11) is 1.90. The molecule has 5 nitrogen and oxygen atoms in total. The number of hydrogen-bond acceptors (Lipinski definition) is 4. The highest BCUT2D eigenvalue weighted by Gasteiger charge is 2.32. The molecule has 0 saturated carbocycles. The van der Waals surface area contributed by atoms with Crippen LogP contribution in [0.15, 0.2) is 18.6 Å². The van der Waals surface area contributed by atoms with E-state index in [0.717, 1.165) is 17.9 Å². The van der Waals surface area contributed by atoms with E-state index in [9.17, 15) is 4.79 Å². The van der Waals surface area contributed by atoms with Crippen molar-refractivity contribution >= 4 is 5.78 Å². The largest absolute Gasteiger partial charge is 0.331 e. The first-order chi connectivity index (χ1) is 8.96. The van der Waals surface area contributed by atoms with Gasteiger partial charge in [0.05, 0.1) is 11.3 Å². The smallest absolute Gasteiger partial charge is 0.196 e. The van der Waals surface area contributed by atoms with Gasteiger partial charge in [-0.15, -0.1) is 0 Å². The van der Waals surface area contributed by atoms with Crippen molar-refractivity contribution in [3.63, 3.8) is 0 Å². The minimum absolute atomic E-state index is 0.0304. The van der Waals surface area contributed by atoms with Crippen molar-refractivity contribution < 1.29 is 4.79 Å². The molecular weight excluding hydrogens is 240 g/mol. The topological polar surface area (TPSA) is 60.7 Å². The summed E-state index contributed by atoms with van der Waals surface area (Å²) in [5, 5.41) is 0. The van der Waals surface area contributed by atoms with Crippen LogP contribution in [-0.2, 0) is 13.5 Å². The minimum atomic E-state index is -0.0304. The first-order valence-electron chi connectivity index (χ1n) is 6.33. The van der Waals surface area contributed by atoms with Crippen molar-refractivity contribution in [2.24, 2.45) is 12.5 Å². The Morgan fingerprint density at radius 2 is 2.05 bits per heavy atom. The second-order valence-electron chi connectivity index (χ2n) is 5.86. The number of fused-ring (bicyclic) bond motifs is 1. The summed E-state index contributed by atoms with van der Waals surface area (Å²) >= 11 is 0. The predicted octanol–water partition coefficient (Wildman–Crippen LogP) is 2.03. The summed E-state index contributed by atoms with van der Waals surface area (Å²) in [6.45, 7) is 4.19. The SMILES string of the molecule is Cn1ccnc1-c1ncc2c(n1)CC(C)(C)CC2=O. The molecule has 0 fully saturated rings. The highest BCUT2D eigenvalue weighted by Crippen LogP contribution is 2.33. The van der Waals surface area contributed by atoms with Gasteiger partial charge < -0.3 is 4.57 Å². The lowest BCUT2D eigenvalue weighted by atomic mass is 9.76. The van der Waals surface area contributed by atoms with Crippen LogP contribution in [0.2, 0.25) is 0 Å². The summed E-state index contributed by atoms with van der Waals surface area (Å²) in [6.07, 6.45) is 6.57. The third-order valence-corrected chi connectivity index (χ3v) is 3.47. The fraction of sp³-hybridized carbons (Fsp3) is 0.429. The maximum atomic E-state index is 12.1. The second kappa shape index (κ2) is 3.98. The lowest BCUT2D eigenvalue weighted by Crippen LogP contribution is -2.28. The number of aryl methyl sites for hydroxylation is 1. The fourth-order valence-corrected chi connectivity index (χ4v) is 2.52. The molecule has 0 aliphatic heterocycles. The molecule has 2 heterocycles. The maximum absolute atomic E-state index is 12.1. The van der Waals surface area contributed by atoms with Gasteiger partial charge >= 0.3 is 0 Å². The molecule has 0 N–H and O–H groups in total. The number of ketones is 1. The summed E-state index contributed by atoms with van der Waals surface area (Å²) in [5.74, 6) is 1.44. The van der Waals surface area contributed by atoms with Crippen molar-refractivity contribution in [3.05, 3.63) is 29.8 Å². The Kier molecular flexibility index (Phi) is 2.52. The average molecular weight is 256 g/mol. The Morgan fingerprint density at radius 1 is 1.26 bits per heavy atom. The highest BCUT2D eigenvalue weighted by molar-refractivity contribution is 5.98. The van der Waals surface area contributed by atoms with Gasteiger partial charge in [-0.25, -0.2) is 15.0 Å². The highest BCUT2D eigenvalue weighted by atomic mass is 16.1. The van der Waals surface area contributed by atoms with Crippen molar-refractivity contribution in [2.45, 2.75) is 26.7 Å². The molecule has 5 heteroatoms. The number of hydrogen-bond donors (Lipinski definition) is 0. The number of carbonyl (C=O) groups excluding carboxylic acids is 1. The fourth-order valence-electron chi connectivity index (χ4n) is 2.52. The van der Waals surface area contributed by atoms with Crippen LogP contribution in [0.1, 0.15) is 36.3 Å². The number of aromatic nitrogens is 4. The lowest BCUT2D eigenvalue weighted by Gasteiger charge is -2.29. The van der Waals surface area contributed by atoms with Crippen LogP contribution >= 0.6 is 0 Å². The van der Waals surface area contributed by atoms with Crippen molar-refractivity contribution in [2.75, 3.05) is 0 Å². The summed E-state index contributed by atoms with van der Waals surface area (Å²) in [6, 6.07) is 0. The predicted molar refractivity (Wildman–Crippen MR) is 70.7 cm³/mol. The van der Waals surface area contributed by atoms with Gasteiger partial charge in [0, 0.05) is 32.1 Å². The zero-order chi connectivity index (χ0) is 13.6. The van der Waals surface area contributed by atoms with Crippen LogP contribution < -0.4 is 0 Å². The standard InChI is InChI=1S/C14H16N4O/c1-14(2)6-10-9(11(19)7-14)8-16-12(17-10)13-15-4-5-18(13)3/h4-5,8H,6-7H2,1-3H3.